The van der Waals surface area contributed by atoms with Gasteiger partial charge in [0.25, 0.3) is 0 Å². The van der Waals surface area contributed by atoms with Crippen molar-refractivity contribution in [2.75, 3.05) is 26.3 Å². The van der Waals surface area contributed by atoms with E-state index >= 15 is 0 Å². The van der Waals surface area contributed by atoms with Gasteiger partial charge in [-0.1, -0.05) is 30.3 Å². The Labute approximate surface area is 140 Å². The van der Waals surface area contributed by atoms with Crippen molar-refractivity contribution in [1.29, 1.82) is 0 Å². The second-order valence-corrected chi connectivity index (χ2v) is 5.81. The normalized spacial score (nSPS) is 13.1. The van der Waals surface area contributed by atoms with Gasteiger partial charge in [-0.2, -0.15) is 0 Å². The van der Waals surface area contributed by atoms with Gasteiger partial charge in [0.15, 0.2) is 11.6 Å². The first-order chi connectivity index (χ1) is 11.7. The summed E-state index contributed by atoms with van der Waals surface area (Å²) < 4.78 is 0. The van der Waals surface area contributed by atoms with Crippen molar-refractivity contribution in [3.05, 3.63) is 70.3 Å². The van der Waals surface area contributed by atoms with Crippen molar-refractivity contribution in [2.45, 2.75) is 6.54 Å². The Morgan fingerprint density at radius 2 is 1.29 bits per heavy atom. The first-order valence-corrected chi connectivity index (χ1v) is 7.91. The number of ketones is 2. The van der Waals surface area contributed by atoms with Crippen LogP contribution in [0.4, 0.5) is 0 Å². The van der Waals surface area contributed by atoms with Crippen molar-refractivity contribution in [3.8, 4) is 0 Å². The number of rotatable bonds is 6. The lowest BCUT2D eigenvalue weighted by atomic mass is 9.83. The van der Waals surface area contributed by atoms with Gasteiger partial charge in [-0.05, 0) is 17.7 Å². The fourth-order valence-corrected chi connectivity index (χ4v) is 3.06. The van der Waals surface area contributed by atoms with Crippen molar-refractivity contribution in [3.63, 3.8) is 0 Å². The number of hydrogen-bond donors (Lipinski definition) is 2. The molecule has 0 amide bonds. The molecule has 2 aromatic carbocycles. The predicted molar refractivity (Wildman–Crippen MR) is 89.2 cm³/mol. The summed E-state index contributed by atoms with van der Waals surface area (Å²) in [6.07, 6.45) is 0. The summed E-state index contributed by atoms with van der Waals surface area (Å²) in [6, 6.07) is 12.1. The second-order valence-electron chi connectivity index (χ2n) is 5.81. The molecule has 0 bridgehead atoms. The lowest BCUT2D eigenvalue weighted by Crippen LogP contribution is -2.29. The number of fused-ring (bicyclic) bond motifs is 2. The lowest BCUT2D eigenvalue weighted by Gasteiger charge is -2.22. The molecule has 0 atom stereocenters. The molecule has 0 spiro atoms. The van der Waals surface area contributed by atoms with Gasteiger partial charge in [0.05, 0.1) is 13.2 Å². The first kappa shape index (κ1) is 16.5. The van der Waals surface area contributed by atoms with E-state index in [0.717, 1.165) is 5.56 Å². The van der Waals surface area contributed by atoms with Gasteiger partial charge in [0.2, 0.25) is 0 Å². The monoisotopic (exact) mass is 325 g/mol. The highest BCUT2D eigenvalue weighted by Gasteiger charge is 2.29. The molecular weight excluding hydrogens is 306 g/mol. The number of aliphatic hydroxyl groups excluding tert-OH is 2. The topological polar surface area (TPSA) is 77.8 Å². The first-order valence-electron chi connectivity index (χ1n) is 7.91. The standard InChI is InChI=1S/C19H19NO4/c21-9-7-20(8-10-22)12-13-5-6-16-17(11-13)19(24)15-4-2-1-3-14(15)18(16)23/h1-6,11,21-22H,7-10,12H2. The molecule has 2 aromatic rings. The molecule has 0 fully saturated rings. The molecule has 124 valence electrons. The third kappa shape index (κ3) is 3.01. The van der Waals surface area contributed by atoms with E-state index < -0.39 is 0 Å². The molecule has 0 aliphatic heterocycles. The second kappa shape index (κ2) is 7.05. The van der Waals surface area contributed by atoms with Gasteiger partial charge in [-0.15, -0.1) is 0 Å². The fourth-order valence-electron chi connectivity index (χ4n) is 3.06. The summed E-state index contributed by atoms with van der Waals surface area (Å²) in [4.78, 5) is 27.2. The SMILES string of the molecule is O=C1c2ccccc2C(=O)c2cc(CN(CCO)CCO)ccc21. The van der Waals surface area contributed by atoms with Crippen molar-refractivity contribution in [1.82, 2.24) is 4.90 Å². The van der Waals surface area contributed by atoms with Crippen LogP contribution in [0.2, 0.25) is 0 Å². The summed E-state index contributed by atoms with van der Waals surface area (Å²) in [5.74, 6) is -0.271. The van der Waals surface area contributed by atoms with Crippen LogP contribution in [0, 0.1) is 0 Å². The number of carbonyl (C=O) groups excluding carboxylic acids is 2. The molecule has 2 N–H and O–H groups in total. The molecule has 24 heavy (non-hydrogen) atoms. The van der Waals surface area contributed by atoms with E-state index in [-0.39, 0.29) is 24.8 Å². The van der Waals surface area contributed by atoms with Gasteiger partial charge >= 0.3 is 0 Å². The summed E-state index contributed by atoms with van der Waals surface area (Å²) in [7, 11) is 0. The maximum atomic E-state index is 12.7. The van der Waals surface area contributed by atoms with Crippen molar-refractivity contribution in [2.24, 2.45) is 0 Å². The van der Waals surface area contributed by atoms with Gasteiger partial charge in [-0.25, -0.2) is 0 Å². The summed E-state index contributed by atoms with van der Waals surface area (Å²) in [6.45, 7) is 1.36. The van der Waals surface area contributed by atoms with Crippen LogP contribution in [0.15, 0.2) is 42.5 Å². The summed E-state index contributed by atoms with van der Waals surface area (Å²) in [5, 5.41) is 18.2. The Balaban J connectivity index is 1.93. The predicted octanol–water partition coefficient (Wildman–Crippen LogP) is 1.25. The Morgan fingerprint density at radius 1 is 0.750 bits per heavy atom. The van der Waals surface area contributed by atoms with E-state index in [1.165, 1.54) is 0 Å². The zero-order valence-corrected chi connectivity index (χ0v) is 13.2. The Bertz CT molecular complexity index is 779. The van der Waals surface area contributed by atoms with Crippen LogP contribution in [0.3, 0.4) is 0 Å². The Hall–Kier alpha value is -2.34. The molecule has 0 unspecified atom stereocenters. The van der Waals surface area contributed by atoms with Gasteiger partial charge in [0.1, 0.15) is 0 Å². The molecule has 5 nitrogen and oxygen atoms in total. The minimum Gasteiger partial charge on any atom is -0.395 e. The zero-order chi connectivity index (χ0) is 17.1. The van der Waals surface area contributed by atoms with Crippen LogP contribution in [0.1, 0.15) is 37.4 Å². The number of aliphatic hydroxyl groups is 2. The summed E-state index contributed by atoms with van der Waals surface area (Å²) in [5.41, 5.74) is 2.61. The van der Waals surface area contributed by atoms with E-state index in [9.17, 15) is 9.59 Å². The number of nitrogens with zero attached hydrogens (tertiary/aromatic N) is 1. The lowest BCUT2D eigenvalue weighted by molar-refractivity contribution is 0.0979. The molecule has 0 radical (unpaired) electrons. The Morgan fingerprint density at radius 3 is 1.88 bits per heavy atom. The van der Waals surface area contributed by atoms with Crippen LogP contribution < -0.4 is 0 Å². The highest BCUT2D eigenvalue weighted by Crippen LogP contribution is 2.28. The van der Waals surface area contributed by atoms with Crippen molar-refractivity contribution >= 4 is 11.6 Å². The fraction of sp³-hybridized carbons (Fsp3) is 0.263. The Kier molecular flexibility index (Phi) is 4.85. The molecule has 1 aliphatic carbocycles. The van der Waals surface area contributed by atoms with Crippen molar-refractivity contribution < 1.29 is 19.8 Å². The molecule has 0 saturated carbocycles. The largest absolute Gasteiger partial charge is 0.395 e. The molecular formula is C19H19NO4. The molecule has 5 heteroatoms. The highest BCUT2D eigenvalue weighted by molar-refractivity contribution is 6.28. The maximum absolute atomic E-state index is 12.7. The third-order valence-electron chi connectivity index (χ3n) is 4.23. The van der Waals surface area contributed by atoms with E-state index in [2.05, 4.69) is 0 Å². The number of carbonyl (C=O) groups is 2. The summed E-state index contributed by atoms with van der Waals surface area (Å²) >= 11 is 0. The van der Waals surface area contributed by atoms with E-state index in [0.29, 0.717) is 41.9 Å². The average Bonchev–Trinajstić information content (AvgIpc) is 2.60. The molecule has 1 aliphatic rings. The van der Waals surface area contributed by atoms with E-state index in [1.807, 2.05) is 11.0 Å². The smallest absolute Gasteiger partial charge is 0.194 e. The van der Waals surface area contributed by atoms with Gasteiger partial charge in [0, 0.05) is 41.9 Å². The minimum atomic E-state index is -0.141. The highest BCUT2D eigenvalue weighted by atomic mass is 16.3. The quantitative estimate of drug-likeness (QED) is 0.713. The van der Waals surface area contributed by atoms with Crippen LogP contribution in [0.25, 0.3) is 0 Å². The van der Waals surface area contributed by atoms with E-state index in [4.69, 9.17) is 10.2 Å². The third-order valence-corrected chi connectivity index (χ3v) is 4.23. The number of benzene rings is 2. The average molecular weight is 325 g/mol. The van der Waals surface area contributed by atoms with E-state index in [1.54, 1.807) is 36.4 Å². The van der Waals surface area contributed by atoms with Crippen LogP contribution in [-0.4, -0.2) is 53.0 Å². The minimum absolute atomic E-state index is 0.00423. The molecule has 0 heterocycles. The van der Waals surface area contributed by atoms with Gasteiger partial charge < -0.3 is 10.2 Å². The molecule has 0 saturated heterocycles. The van der Waals surface area contributed by atoms with Crippen LogP contribution in [0.5, 0.6) is 0 Å². The van der Waals surface area contributed by atoms with Crippen LogP contribution in [-0.2, 0) is 6.54 Å². The maximum Gasteiger partial charge on any atom is 0.194 e. The van der Waals surface area contributed by atoms with Gasteiger partial charge in [-0.3, -0.25) is 14.5 Å². The molecule has 3 rings (SSSR count). The molecule has 0 aromatic heterocycles. The zero-order valence-electron chi connectivity index (χ0n) is 13.2. The van der Waals surface area contributed by atoms with Crippen LogP contribution >= 0.6 is 0 Å². The number of hydrogen-bond acceptors (Lipinski definition) is 5.